The van der Waals surface area contributed by atoms with Gasteiger partial charge < -0.3 is 10.6 Å². The highest BCUT2D eigenvalue weighted by Gasteiger charge is 2.11. The largest absolute Gasteiger partial charge is 0.330 e. The zero-order chi connectivity index (χ0) is 16.2. The summed E-state index contributed by atoms with van der Waals surface area (Å²) < 4.78 is 1.01. The highest BCUT2D eigenvalue weighted by molar-refractivity contribution is 9.10. The van der Waals surface area contributed by atoms with Gasteiger partial charge in [-0.25, -0.2) is 4.98 Å². The van der Waals surface area contributed by atoms with Gasteiger partial charge in [0, 0.05) is 21.7 Å². The minimum atomic E-state index is -0.234. The van der Waals surface area contributed by atoms with Gasteiger partial charge in [0.1, 0.15) is 5.69 Å². The van der Waals surface area contributed by atoms with E-state index < -0.39 is 0 Å². The Labute approximate surface area is 145 Å². The third-order valence-electron chi connectivity index (χ3n) is 3.07. The van der Waals surface area contributed by atoms with Gasteiger partial charge in [-0.3, -0.25) is 9.78 Å². The molecule has 0 radical (unpaired) electrons. The molecule has 5 nitrogen and oxygen atoms in total. The Morgan fingerprint density at radius 2 is 2.13 bits per heavy atom. The summed E-state index contributed by atoms with van der Waals surface area (Å²) in [5.41, 5.74) is 3.00. The molecule has 0 spiro atoms. The van der Waals surface area contributed by atoms with Crippen molar-refractivity contribution in [3.63, 3.8) is 0 Å². The van der Waals surface area contributed by atoms with Crippen LogP contribution in [0.4, 0.5) is 16.5 Å². The van der Waals surface area contributed by atoms with E-state index in [1.807, 2.05) is 37.3 Å². The van der Waals surface area contributed by atoms with Crippen molar-refractivity contribution in [2.24, 2.45) is 0 Å². The topological polar surface area (TPSA) is 66.9 Å². The predicted molar refractivity (Wildman–Crippen MR) is 96.5 cm³/mol. The fourth-order valence-corrected chi connectivity index (χ4v) is 2.87. The first kappa shape index (κ1) is 15.6. The van der Waals surface area contributed by atoms with E-state index in [0.717, 1.165) is 21.4 Å². The average Bonchev–Trinajstić information content (AvgIpc) is 3.00. The quantitative estimate of drug-likeness (QED) is 0.684. The number of anilines is 3. The Kier molecular flexibility index (Phi) is 4.68. The van der Waals surface area contributed by atoms with Gasteiger partial charge in [-0.05, 0) is 42.8 Å². The lowest BCUT2D eigenvalue weighted by Gasteiger charge is -2.05. The molecule has 2 aromatic heterocycles. The van der Waals surface area contributed by atoms with Gasteiger partial charge >= 0.3 is 0 Å². The molecular formula is C16H13BrN4OS. The van der Waals surface area contributed by atoms with Crippen LogP contribution in [0.25, 0.3) is 0 Å². The average molecular weight is 389 g/mol. The molecule has 2 N–H and O–H groups in total. The molecule has 1 amide bonds. The molecule has 3 aromatic rings. The maximum atomic E-state index is 12.3. The van der Waals surface area contributed by atoms with Crippen molar-refractivity contribution in [2.75, 3.05) is 10.6 Å². The third-order valence-corrected chi connectivity index (χ3v) is 4.71. The van der Waals surface area contributed by atoms with Crippen LogP contribution in [-0.4, -0.2) is 15.9 Å². The summed E-state index contributed by atoms with van der Waals surface area (Å²) in [4.78, 5) is 20.6. The zero-order valence-corrected chi connectivity index (χ0v) is 14.6. The highest BCUT2D eigenvalue weighted by atomic mass is 79.9. The Hall–Kier alpha value is -2.25. The summed E-state index contributed by atoms with van der Waals surface area (Å²) >= 11 is 4.81. The first-order valence-corrected chi connectivity index (χ1v) is 8.49. The molecule has 2 heterocycles. The molecule has 0 aliphatic heterocycles. The van der Waals surface area contributed by atoms with E-state index in [9.17, 15) is 4.79 Å². The van der Waals surface area contributed by atoms with Gasteiger partial charge in [0.15, 0.2) is 5.13 Å². The Balaban J connectivity index is 1.69. The molecule has 0 unspecified atom stereocenters. The monoisotopic (exact) mass is 388 g/mol. The number of carbonyl (C=O) groups is 1. The summed E-state index contributed by atoms with van der Waals surface area (Å²) in [5, 5.41) is 8.34. The lowest BCUT2D eigenvalue weighted by Crippen LogP contribution is -2.12. The highest BCUT2D eigenvalue weighted by Crippen LogP contribution is 2.23. The van der Waals surface area contributed by atoms with E-state index in [4.69, 9.17) is 0 Å². The Morgan fingerprint density at radius 1 is 1.26 bits per heavy atom. The molecular weight excluding hydrogens is 376 g/mol. The van der Waals surface area contributed by atoms with E-state index in [-0.39, 0.29) is 5.91 Å². The number of carbonyl (C=O) groups excluding carboxylic acids is 1. The standard InChI is InChI=1S/C16H13BrN4OS/c1-10-7-11(4-5-13(10)17)19-15(22)14-9-23-16(21-14)20-12-3-2-6-18-8-12/h2-9H,1H3,(H,19,22)(H,20,21). The normalized spacial score (nSPS) is 10.3. The first-order valence-electron chi connectivity index (χ1n) is 6.82. The molecule has 0 saturated carbocycles. The van der Waals surface area contributed by atoms with E-state index in [2.05, 4.69) is 36.5 Å². The van der Waals surface area contributed by atoms with Crippen LogP contribution in [0, 0.1) is 6.92 Å². The lowest BCUT2D eigenvalue weighted by molar-refractivity contribution is 0.102. The molecule has 0 saturated heterocycles. The molecule has 3 rings (SSSR count). The third kappa shape index (κ3) is 3.94. The summed E-state index contributed by atoms with van der Waals surface area (Å²) in [6.45, 7) is 1.97. The van der Waals surface area contributed by atoms with Gasteiger partial charge in [0.25, 0.3) is 5.91 Å². The summed E-state index contributed by atoms with van der Waals surface area (Å²) in [6.07, 6.45) is 3.40. The van der Waals surface area contributed by atoms with Crippen LogP contribution in [0.15, 0.2) is 52.6 Å². The second kappa shape index (κ2) is 6.89. The number of halogens is 1. The maximum Gasteiger partial charge on any atom is 0.275 e. The van der Waals surface area contributed by atoms with Crippen molar-refractivity contribution in [2.45, 2.75) is 6.92 Å². The summed E-state index contributed by atoms with van der Waals surface area (Å²) in [5.74, 6) is -0.234. The van der Waals surface area contributed by atoms with Crippen LogP contribution in [0.1, 0.15) is 16.1 Å². The Morgan fingerprint density at radius 3 is 2.87 bits per heavy atom. The van der Waals surface area contributed by atoms with Gasteiger partial charge in [-0.15, -0.1) is 11.3 Å². The number of aromatic nitrogens is 2. The van der Waals surface area contributed by atoms with Crippen molar-refractivity contribution < 1.29 is 4.79 Å². The minimum absolute atomic E-state index is 0.234. The first-order chi connectivity index (χ1) is 11.1. The number of amides is 1. The number of nitrogens with zero attached hydrogens (tertiary/aromatic N) is 2. The Bertz CT molecular complexity index is 835. The molecule has 0 atom stereocenters. The van der Waals surface area contributed by atoms with Crippen molar-refractivity contribution in [3.05, 3.63) is 63.8 Å². The van der Waals surface area contributed by atoms with Crippen LogP contribution in [0.5, 0.6) is 0 Å². The molecule has 0 aliphatic rings. The minimum Gasteiger partial charge on any atom is -0.330 e. The number of hydrogen-bond acceptors (Lipinski definition) is 5. The second-order valence-corrected chi connectivity index (χ2v) is 6.54. The fraction of sp³-hybridized carbons (Fsp3) is 0.0625. The molecule has 116 valence electrons. The lowest BCUT2D eigenvalue weighted by atomic mass is 10.2. The van der Waals surface area contributed by atoms with Gasteiger partial charge in [-0.1, -0.05) is 15.9 Å². The smallest absolute Gasteiger partial charge is 0.275 e. The van der Waals surface area contributed by atoms with Gasteiger partial charge in [0.2, 0.25) is 0 Å². The van der Waals surface area contributed by atoms with E-state index in [0.29, 0.717) is 10.8 Å². The molecule has 0 bridgehead atoms. The number of pyridine rings is 1. The van der Waals surface area contributed by atoms with Crippen LogP contribution in [-0.2, 0) is 0 Å². The SMILES string of the molecule is Cc1cc(NC(=O)c2csc(Nc3cccnc3)n2)ccc1Br. The molecule has 0 fully saturated rings. The summed E-state index contributed by atoms with van der Waals surface area (Å²) in [7, 11) is 0. The maximum absolute atomic E-state index is 12.3. The van der Waals surface area contributed by atoms with Crippen LogP contribution >= 0.6 is 27.3 Å². The number of thiazole rings is 1. The van der Waals surface area contributed by atoms with Gasteiger partial charge in [-0.2, -0.15) is 0 Å². The van der Waals surface area contributed by atoms with Crippen molar-refractivity contribution >= 4 is 49.7 Å². The zero-order valence-electron chi connectivity index (χ0n) is 12.2. The number of benzene rings is 1. The molecule has 0 aliphatic carbocycles. The van der Waals surface area contributed by atoms with Crippen molar-refractivity contribution in [3.8, 4) is 0 Å². The number of aryl methyl sites for hydroxylation is 1. The molecule has 7 heteroatoms. The molecule has 23 heavy (non-hydrogen) atoms. The summed E-state index contributed by atoms with van der Waals surface area (Å²) in [6, 6.07) is 9.37. The van der Waals surface area contributed by atoms with Crippen LogP contribution in [0.2, 0.25) is 0 Å². The van der Waals surface area contributed by atoms with E-state index in [1.54, 1.807) is 17.8 Å². The number of hydrogen-bond donors (Lipinski definition) is 2. The number of nitrogens with one attached hydrogen (secondary N) is 2. The number of rotatable bonds is 4. The van der Waals surface area contributed by atoms with Gasteiger partial charge in [0.05, 0.1) is 11.9 Å². The second-order valence-electron chi connectivity index (χ2n) is 4.82. The van der Waals surface area contributed by atoms with Crippen molar-refractivity contribution in [1.29, 1.82) is 0 Å². The van der Waals surface area contributed by atoms with Crippen molar-refractivity contribution in [1.82, 2.24) is 9.97 Å². The van der Waals surface area contributed by atoms with Crippen LogP contribution in [0.3, 0.4) is 0 Å². The van der Waals surface area contributed by atoms with E-state index in [1.165, 1.54) is 11.3 Å². The van der Waals surface area contributed by atoms with Crippen LogP contribution < -0.4 is 10.6 Å². The fourth-order valence-electron chi connectivity index (χ4n) is 1.91. The molecule has 1 aromatic carbocycles. The predicted octanol–water partition coefficient (Wildman–Crippen LogP) is 4.60. The van der Waals surface area contributed by atoms with E-state index >= 15 is 0 Å².